The molecule has 0 amide bonds. The van der Waals surface area contributed by atoms with Crippen LogP contribution in [0.5, 0.6) is 11.5 Å². The van der Waals surface area contributed by atoms with Crippen molar-refractivity contribution in [2.75, 3.05) is 7.11 Å². The highest BCUT2D eigenvalue weighted by atomic mass is 127. The fourth-order valence-electron chi connectivity index (χ4n) is 1.51. The smallest absolute Gasteiger partial charge is 0.125 e. The van der Waals surface area contributed by atoms with Crippen molar-refractivity contribution in [2.45, 2.75) is 6.61 Å². The highest BCUT2D eigenvalue weighted by Gasteiger charge is 2.02. The predicted molar refractivity (Wildman–Crippen MR) is 76.5 cm³/mol. The van der Waals surface area contributed by atoms with Gasteiger partial charge < -0.3 is 9.47 Å². The van der Waals surface area contributed by atoms with Crippen molar-refractivity contribution in [2.24, 2.45) is 0 Å². The fraction of sp³-hybridized carbons (Fsp3) is 0.143. The molecule has 0 unspecified atom stereocenters. The summed E-state index contributed by atoms with van der Waals surface area (Å²) in [7, 11) is 1.67. The van der Waals surface area contributed by atoms with Crippen LogP contribution in [-0.4, -0.2) is 7.11 Å². The summed E-state index contributed by atoms with van der Waals surface area (Å²) < 4.78 is 12.2. The third kappa shape index (κ3) is 3.36. The van der Waals surface area contributed by atoms with Gasteiger partial charge in [-0.15, -0.1) is 0 Å². The van der Waals surface area contributed by atoms with Gasteiger partial charge in [-0.1, -0.05) is 18.2 Å². The minimum Gasteiger partial charge on any atom is -0.496 e. The van der Waals surface area contributed by atoms with Gasteiger partial charge in [-0.25, -0.2) is 0 Å². The van der Waals surface area contributed by atoms with E-state index in [1.165, 1.54) is 3.57 Å². The number of methoxy groups -OCH3 is 1. The number of hydrogen-bond donors (Lipinski definition) is 0. The predicted octanol–water partition coefficient (Wildman–Crippen LogP) is 3.88. The Bertz CT molecular complexity index is 480. The van der Waals surface area contributed by atoms with Crippen LogP contribution in [0, 0.1) is 3.57 Å². The second kappa shape index (κ2) is 5.91. The molecule has 2 aromatic rings. The first kappa shape index (κ1) is 12.2. The summed E-state index contributed by atoms with van der Waals surface area (Å²) in [4.78, 5) is 0. The van der Waals surface area contributed by atoms with Crippen LogP contribution in [0.25, 0.3) is 0 Å². The Morgan fingerprint density at radius 1 is 1.00 bits per heavy atom. The number of rotatable bonds is 4. The van der Waals surface area contributed by atoms with E-state index in [4.69, 9.17) is 9.47 Å². The molecule has 3 heteroatoms. The quantitative estimate of drug-likeness (QED) is 0.787. The van der Waals surface area contributed by atoms with Gasteiger partial charge in [0.1, 0.15) is 18.1 Å². The lowest BCUT2D eigenvalue weighted by Gasteiger charge is -2.09. The van der Waals surface area contributed by atoms with Crippen LogP contribution in [0.3, 0.4) is 0 Å². The van der Waals surface area contributed by atoms with Gasteiger partial charge in [0.2, 0.25) is 0 Å². The zero-order chi connectivity index (χ0) is 12.1. The van der Waals surface area contributed by atoms with E-state index < -0.39 is 0 Å². The first-order chi connectivity index (χ1) is 8.29. The summed E-state index contributed by atoms with van der Waals surface area (Å²) in [5.74, 6) is 1.73. The Balaban J connectivity index is 2.04. The fourth-order valence-corrected chi connectivity index (χ4v) is 1.87. The van der Waals surface area contributed by atoms with Crippen LogP contribution in [-0.2, 0) is 6.61 Å². The third-order valence-corrected chi connectivity index (χ3v) is 3.12. The molecule has 17 heavy (non-hydrogen) atoms. The molecule has 0 spiro atoms. The first-order valence-electron chi connectivity index (χ1n) is 5.30. The molecular formula is C14H13IO2. The minimum atomic E-state index is 0.518. The van der Waals surface area contributed by atoms with E-state index >= 15 is 0 Å². The maximum atomic E-state index is 5.71. The minimum absolute atomic E-state index is 0.518. The Morgan fingerprint density at radius 3 is 2.41 bits per heavy atom. The molecule has 0 atom stereocenters. The van der Waals surface area contributed by atoms with Crippen LogP contribution in [0.1, 0.15) is 5.56 Å². The van der Waals surface area contributed by atoms with E-state index in [1.54, 1.807) is 7.11 Å². The Labute approximate surface area is 115 Å². The molecule has 0 radical (unpaired) electrons. The van der Waals surface area contributed by atoms with Crippen molar-refractivity contribution >= 4 is 22.6 Å². The standard InChI is InChI=1S/C14H13IO2/c1-16-14-5-3-2-4-11(14)10-17-13-8-6-12(15)7-9-13/h2-9H,10H2,1H3. The summed E-state index contributed by atoms with van der Waals surface area (Å²) in [5.41, 5.74) is 1.05. The van der Waals surface area contributed by atoms with E-state index in [2.05, 4.69) is 22.6 Å². The average molecular weight is 340 g/mol. The molecule has 0 fully saturated rings. The average Bonchev–Trinajstić information content (AvgIpc) is 2.38. The van der Waals surface area contributed by atoms with Crippen LogP contribution in [0.15, 0.2) is 48.5 Å². The number of benzene rings is 2. The van der Waals surface area contributed by atoms with E-state index in [0.717, 1.165) is 17.1 Å². The van der Waals surface area contributed by atoms with Gasteiger partial charge in [0.15, 0.2) is 0 Å². The van der Waals surface area contributed by atoms with Crippen molar-refractivity contribution in [3.05, 3.63) is 57.7 Å². The third-order valence-electron chi connectivity index (χ3n) is 2.40. The van der Waals surface area contributed by atoms with Gasteiger partial charge >= 0.3 is 0 Å². The van der Waals surface area contributed by atoms with E-state index in [9.17, 15) is 0 Å². The van der Waals surface area contributed by atoms with Gasteiger partial charge in [0.05, 0.1) is 7.11 Å². The van der Waals surface area contributed by atoms with Crippen LogP contribution < -0.4 is 9.47 Å². The van der Waals surface area contributed by atoms with Gasteiger partial charge in [0, 0.05) is 9.13 Å². The SMILES string of the molecule is COc1ccccc1COc1ccc(I)cc1. The molecule has 0 aliphatic heterocycles. The van der Waals surface area contributed by atoms with Crippen LogP contribution in [0.4, 0.5) is 0 Å². The molecule has 0 aromatic heterocycles. The second-order valence-electron chi connectivity index (χ2n) is 3.55. The van der Waals surface area contributed by atoms with Crippen molar-refractivity contribution < 1.29 is 9.47 Å². The highest BCUT2D eigenvalue weighted by molar-refractivity contribution is 14.1. The molecule has 0 bridgehead atoms. The first-order valence-corrected chi connectivity index (χ1v) is 6.38. The zero-order valence-corrected chi connectivity index (χ0v) is 11.7. The molecule has 88 valence electrons. The molecule has 0 aliphatic rings. The van der Waals surface area contributed by atoms with E-state index in [0.29, 0.717) is 6.61 Å². The summed E-state index contributed by atoms with van der Waals surface area (Å²) in [6, 6.07) is 15.9. The summed E-state index contributed by atoms with van der Waals surface area (Å²) in [6.07, 6.45) is 0. The number of para-hydroxylation sites is 1. The number of halogens is 1. The maximum absolute atomic E-state index is 5.71. The van der Waals surface area contributed by atoms with Crippen molar-refractivity contribution in [3.8, 4) is 11.5 Å². The van der Waals surface area contributed by atoms with Gasteiger partial charge in [-0.3, -0.25) is 0 Å². The number of hydrogen-bond acceptors (Lipinski definition) is 2. The maximum Gasteiger partial charge on any atom is 0.125 e. The Kier molecular flexibility index (Phi) is 4.25. The van der Waals surface area contributed by atoms with Crippen molar-refractivity contribution in [1.29, 1.82) is 0 Å². The van der Waals surface area contributed by atoms with Crippen molar-refractivity contribution in [1.82, 2.24) is 0 Å². The molecule has 0 saturated carbocycles. The van der Waals surface area contributed by atoms with Gasteiger partial charge in [-0.05, 0) is 52.9 Å². The monoisotopic (exact) mass is 340 g/mol. The largest absolute Gasteiger partial charge is 0.496 e. The molecule has 2 aromatic carbocycles. The second-order valence-corrected chi connectivity index (χ2v) is 4.80. The molecule has 0 N–H and O–H groups in total. The topological polar surface area (TPSA) is 18.5 Å². The summed E-state index contributed by atoms with van der Waals surface area (Å²) in [6.45, 7) is 0.518. The lowest BCUT2D eigenvalue weighted by molar-refractivity contribution is 0.296. The van der Waals surface area contributed by atoms with Gasteiger partial charge in [-0.2, -0.15) is 0 Å². The summed E-state index contributed by atoms with van der Waals surface area (Å²) >= 11 is 2.27. The zero-order valence-electron chi connectivity index (χ0n) is 9.52. The Hall–Kier alpha value is -1.23. The van der Waals surface area contributed by atoms with Gasteiger partial charge in [0.25, 0.3) is 0 Å². The number of ether oxygens (including phenoxy) is 2. The molecule has 0 saturated heterocycles. The van der Waals surface area contributed by atoms with Crippen molar-refractivity contribution in [3.63, 3.8) is 0 Å². The molecule has 0 heterocycles. The molecule has 2 nitrogen and oxygen atoms in total. The normalized spacial score (nSPS) is 10.0. The summed E-state index contributed by atoms with van der Waals surface area (Å²) in [5, 5.41) is 0. The lowest BCUT2D eigenvalue weighted by atomic mass is 10.2. The highest BCUT2D eigenvalue weighted by Crippen LogP contribution is 2.20. The van der Waals surface area contributed by atoms with E-state index in [1.807, 2.05) is 48.5 Å². The molecule has 2 rings (SSSR count). The van der Waals surface area contributed by atoms with Crippen LogP contribution in [0.2, 0.25) is 0 Å². The van der Waals surface area contributed by atoms with Crippen LogP contribution >= 0.6 is 22.6 Å². The lowest BCUT2D eigenvalue weighted by Crippen LogP contribution is -1.98. The molecular weight excluding hydrogens is 327 g/mol. The Morgan fingerprint density at radius 2 is 1.71 bits per heavy atom. The molecule has 0 aliphatic carbocycles. The van der Waals surface area contributed by atoms with E-state index in [-0.39, 0.29) is 0 Å².